The molecule has 0 bridgehead atoms. The largest absolute Gasteiger partial charge is 0.493 e. The predicted molar refractivity (Wildman–Crippen MR) is 113 cm³/mol. The molecule has 30 heavy (non-hydrogen) atoms. The van der Waals surface area contributed by atoms with Crippen LogP contribution in [0.2, 0.25) is 0 Å². The molecule has 1 amide bonds. The van der Waals surface area contributed by atoms with Gasteiger partial charge in [-0.15, -0.1) is 0 Å². The maximum atomic E-state index is 12.5. The third-order valence-corrected chi connectivity index (χ3v) is 4.59. The SMILES string of the molecule is CCN(Cc1ccc(OC)c(OC)c1)C(=O)COC(=O)COc1ccc(C)cc1C. The van der Waals surface area contributed by atoms with Gasteiger partial charge >= 0.3 is 5.97 Å². The molecule has 0 saturated carbocycles. The molecule has 0 unspecified atom stereocenters. The third-order valence-electron chi connectivity index (χ3n) is 4.59. The van der Waals surface area contributed by atoms with E-state index in [0.29, 0.717) is 30.3 Å². The summed E-state index contributed by atoms with van der Waals surface area (Å²) in [6, 6.07) is 11.2. The minimum Gasteiger partial charge on any atom is -0.493 e. The molecule has 0 atom stereocenters. The topological polar surface area (TPSA) is 74.3 Å². The fourth-order valence-electron chi connectivity index (χ4n) is 2.95. The molecule has 0 radical (unpaired) electrons. The van der Waals surface area contributed by atoms with Crippen LogP contribution in [-0.4, -0.2) is 50.8 Å². The molecule has 0 heterocycles. The first-order valence-corrected chi connectivity index (χ1v) is 9.72. The Balaban J connectivity index is 1.86. The minimum absolute atomic E-state index is 0.251. The lowest BCUT2D eigenvalue weighted by atomic mass is 10.1. The van der Waals surface area contributed by atoms with E-state index < -0.39 is 5.97 Å². The molecule has 0 N–H and O–H groups in total. The highest BCUT2D eigenvalue weighted by Crippen LogP contribution is 2.28. The molecule has 2 aromatic rings. The number of aryl methyl sites for hydroxylation is 2. The highest BCUT2D eigenvalue weighted by Gasteiger charge is 2.16. The lowest BCUT2D eigenvalue weighted by molar-refractivity contribution is -0.153. The highest BCUT2D eigenvalue weighted by atomic mass is 16.6. The fraction of sp³-hybridized carbons (Fsp3) is 0.391. The second-order valence-corrected chi connectivity index (χ2v) is 6.82. The fourth-order valence-corrected chi connectivity index (χ4v) is 2.95. The maximum Gasteiger partial charge on any atom is 0.344 e. The molecule has 0 aliphatic heterocycles. The van der Waals surface area contributed by atoms with Crippen molar-refractivity contribution in [2.45, 2.75) is 27.3 Å². The van der Waals surface area contributed by atoms with Crippen LogP contribution in [0.4, 0.5) is 0 Å². The van der Waals surface area contributed by atoms with E-state index in [1.165, 1.54) is 0 Å². The molecule has 0 aliphatic carbocycles. The van der Waals surface area contributed by atoms with Crippen LogP contribution in [0.3, 0.4) is 0 Å². The Bertz CT molecular complexity index is 880. The van der Waals surface area contributed by atoms with E-state index in [1.54, 1.807) is 25.2 Å². The van der Waals surface area contributed by atoms with Crippen molar-refractivity contribution in [1.29, 1.82) is 0 Å². The number of carbonyl (C=O) groups is 2. The Morgan fingerprint density at radius 1 is 0.900 bits per heavy atom. The van der Waals surface area contributed by atoms with Crippen molar-refractivity contribution in [2.75, 3.05) is 34.0 Å². The van der Waals surface area contributed by atoms with Crippen molar-refractivity contribution >= 4 is 11.9 Å². The van der Waals surface area contributed by atoms with Crippen LogP contribution >= 0.6 is 0 Å². The van der Waals surface area contributed by atoms with E-state index in [-0.39, 0.29) is 19.1 Å². The first-order chi connectivity index (χ1) is 14.4. The number of hydrogen-bond acceptors (Lipinski definition) is 6. The van der Waals surface area contributed by atoms with Crippen LogP contribution in [0.5, 0.6) is 17.2 Å². The second kappa shape index (κ2) is 11.1. The van der Waals surface area contributed by atoms with Gasteiger partial charge in [0.05, 0.1) is 14.2 Å². The van der Waals surface area contributed by atoms with E-state index in [0.717, 1.165) is 16.7 Å². The number of ether oxygens (including phenoxy) is 4. The summed E-state index contributed by atoms with van der Waals surface area (Å²) in [4.78, 5) is 26.0. The van der Waals surface area contributed by atoms with E-state index in [4.69, 9.17) is 18.9 Å². The smallest absolute Gasteiger partial charge is 0.344 e. The summed E-state index contributed by atoms with van der Waals surface area (Å²) >= 11 is 0. The molecule has 2 rings (SSSR count). The van der Waals surface area contributed by atoms with Gasteiger partial charge in [-0.2, -0.15) is 0 Å². The van der Waals surface area contributed by atoms with Crippen molar-refractivity contribution < 1.29 is 28.5 Å². The van der Waals surface area contributed by atoms with Crippen LogP contribution < -0.4 is 14.2 Å². The summed E-state index contributed by atoms with van der Waals surface area (Å²) in [5.41, 5.74) is 2.93. The summed E-state index contributed by atoms with van der Waals surface area (Å²) < 4.78 is 21.1. The molecule has 0 aliphatic rings. The molecule has 0 saturated heterocycles. The van der Waals surface area contributed by atoms with Gasteiger partial charge in [-0.1, -0.05) is 23.8 Å². The van der Waals surface area contributed by atoms with Gasteiger partial charge < -0.3 is 23.8 Å². The van der Waals surface area contributed by atoms with E-state index >= 15 is 0 Å². The quantitative estimate of drug-likeness (QED) is 0.555. The molecule has 2 aromatic carbocycles. The highest BCUT2D eigenvalue weighted by molar-refractivity contribution is 5.81. The van der Waals surface area contributed by atoms with Gasteiger partial charge in [0.25, 0.3) is 5.91 Å². The van der Waals surface area contributed by atoms with Crippen molar-refractivity contribution in [3.63, 3.8) is 0 Å². The summed E-state index contributed by atoms with van der Waals surface area (Å²) in [5, 5.41) is 0. The Hall–Kier alpha value is -3.22. The van der Waals surface area contributed by atoms with Crippen molar-refractivity contribution in [2.24, 2.45) is 0 Å². The Morgan fingerprint density at radius 2 is 1.60 bits per heavy atom. The van der Waals surface area contributed by atoms with Crippen LogP contribution in [0.15, 0.2) is 36.4 Å². The summed E-state index contributed by atoms with van der Waals surface area (Å²) in [6.45, 7) is 6.01. The lowest BCUT2D eigenvalue weighted by Crippen LogP contribution is -2.34. The molecule has 7 nitrogen and oxygen atoms in total. The minimum atomic E-state index is -0.592. The number of amides is 1. The monoisotopic (exact) mass is 415 g/mol. The first-order valence-electron chi connectivity index (χ1n) is 9.72. The molecule has 7 heteroatoms. The average Bonchev–Trinajstić information content (AvgIpc) is 2.74. The second-order valence-electron chi connectivity index (χ2n) is 6.82. The van der Waals surface area contributed by atoms with Crippen LogP contribution in [0, 0.1) is 13.8 Å². The predicted octanol–water partition coefficient (Wildman–Crippen LogP) is 3.29. The van der Waals surface area contributed by atoms with Crippen molar-refractivity contribution in [1.82, 2.24) is 4.90 Å². The van der Waals surface area contributed by atoms with Crippen LogP contribution in [-0.2, 0) is 20.9 Å². The zero-order valence-electron chi connectivity index (χ0n) is 18.2. The number of nitrogens with zero attached hydrogens (tertiary/aromatic N) is 1. The van der Waals surface area contributed by atoms with Crippen molar-refractivity contribution in [3.8, 4) is 17.2 Å². The number of methoxy groups -OCH3 is 2. The zero-order chi connectivity index (χ0) is 22.1. The Morgan fingerprint density at radius 3 is 2.23 bits per heavy atom. The summed E-state index contributed by atoms with van der Waals surface area (Å²) in [5.74, 6) is 0.951. The molecule has 0 spiro atoms. The van der Waals surface area contributed by atoms with Gasteiger partial charge in [0.2, 0.25) is 0 Å². The lowest BCUT2D eigenvalue weighted by Gasteiger charge is -2.21. The number of hydrogen-bond donors (Lipinski definition) is 0. The van der Waals surface area contributed by atoms with E-state index in [9.17, 15) is 9.59 Å². The van der Waals surface area contributed by atoms with E-state index in [1.807, 2.05) is 51.1 Å². The molecule has 162 valence electrons. The Kier molecular flexibility index (Phi) is 8.53. The molecule has 0 aromatic heterocycles. The van der Waals surface area contributed by atoms with E-state index in [2.05, 4.69) is 0 Å². The third kappa shape index (κ3) is 6.40. The van der Waals surface area contributed by atoms with Crippen LogP contribution in [0.1, 0.15) is 23.6 Å². The van der Waals surface area contributed by atoms with Gasteiger partial charge in [0.1, 0.15) is 5.75 Å². The van der Waals surface area contributed by atoms with Gasteiger partial charge in [0.15, 0.2) is 24.7 Å². The first kappa shape index (κ1) is 23.1. The number of esters is 1. The number of rotatable bonds is 10. The summed E-state index contributed by atoms with van der Waals surface area (Å²) in [6.07, 6.45) is 0. The van der Waals surface area contributed by atoms with Gasteiger partial charge in [0, 0.05) is 13.1 Å². The van der Waals surface area contributed by atoms with Gasteiger partial charge in [-0.25, -0.2) is 4.79 Å². The molecular formula is C23H29NO6. The number of benzene rings is 2. The number of likely N-dealkylation sites (N-methyl/N-ethyl adjacent to an activating group) is 1. The molecular weight excluding hydrogens is 386 g/mol. The number of carbonyl (C=O) groups excluding carboxylic acids is 2. The van der Waals surface area contributed by atoms with Gasteiger partial charge in [-0.05, 0) is 50.1 Å². The summed E-state index contributed by atoms with van der Waals surface area (Å²) in [7, 11) is 3.13. The van der Waals surface area contributed by atoms with Crippen molar-refractivity contribution in [3.05, 3.63) is 53.1 Å². The van der Waals surface area contributed by atoms with Gasteiger partial charge in [-0.3, -0.25) is 4.79 Å². The maximum absolute atomic E-state index is 12.5. The standard InChI is InChI=1S/C23H29NO6/c1-6-24(13-18-8-10-20(27-4)21(12-18)28-5)22(25)14-30-23(26)15-29-19-9-7-16(2)11-17(19)3/h7-12H,6,13-15H2,1-5H3. The zero-order valence-corrected chi connectivity index (χ0v) is 18.2. The Labute approximate surface area is 177 Å². The average molecular weight is 415 g/mol. The van der Waals surface area contributed by atoms with Crippen LogP contribution in [0.25, 0.3) is 0 Å². The molecule has 0 fully saturated rings. The normalized spacial score (nSPS) is 10.3.